The van der Waals surface area contributed by atoms with Gasteiger partial charge in [-0.05, 0) is 43.2 Å². The Morgan fingerprint density at radius 1 is 1.07 bits per heavy atom. The lowest BCUT2D eigenvalue weighted by molar-refractivity contribution is 0.414. The Balaban J connectivity index is 1.78. The van der Waals surface area contributed by atoms with E-state index in [0.717, 1.165) is 16.0 Å². The molecule has 0 fully saturated rings. The topological polar surface area (TPSA) is 61.2 Å². The molecule has 0 saturated carbocycles. The molecule has 2 heterocycles. The quantitative estimate of drug-likeness (QED) is 0.510. The zero-order chi connectivity index (χ0) is 19.0. The Hall–Kier alpha value is -2.99. The predicted octanol–water partition coefficient (Wildman–Crippen LogP) is 3.53. The Morgan fingerprint density at radius 2 is 1.81 bits per heavy atom. The van der Waals surface area contributed by atoms with Gasteiger partial charge in [0.25, 0.3) is 5.56 Å². The molecule has 0 unspecified atom stereocenters. The van der Waals surface area contributed by atoms with Crippen molar-refractivity contribution in [1.29, 1.82) is 0 Å². The third-order valence-electron chi connectivity index (χ3n) is 4.68. The third-order valence-corrected chi connectivity index (χ3v) is 5.74. The number of methoxy groups -OCH3 is 1. The first kappa shape index (κ1) is 17.4. The van der Waals surface area contributed by atoms with Gasteiger partial charge in [-0.1, -0.05) is 24.3 Å². The first-order valence-corrected chi connectivity index (χ1v) is 9.46. The first-order chi connectivity index (χ1) is 13.1. The lowest BCUT2D eigenvalue weighted by Crippen LogP contribution is -2.28. The first-order valence-electron chi connectivity index (χ1n) is 8.64. The molecule has 0 spiro atoms. The minimum atomic E-state index is -0.266. The van der Waals surface area contributed by atoms with E-state index in [1.54, 1.807) is 24.7 Å². The van der Waals surface area contributed by atoms with Crippen molar-refractivity contribution >= 4 is 31.6 Å². The maximum Gasteiger partial charge on any atom is 0.266 e. The Kier molecular flexibility index (Phi) is 4.49. The van der Waals surface area contributed by atoms with Crippen LogP contribution in [-0.2, 0) is 13.0 Å². The van der Waals surface area contributed by atoms with Crippen LogP contribution in [-0.4, -0.2) is 16.7 Å². The molecule has 6 heteroatoms. The van der Waals surface area contributed by atoms with Gasteiger partial charge in [-0.25, -0.2) is 4.98 Å². The highest BCUT2D eigenvalue weighted by atomic mass is 32.1. The smallest absolute Gasteiger partial charge is 0.266 e. The van der Waals surface area contributed by atoms with Gasteiger partial charge >= 0.3 is 0 Å². The summed E-state index contributed by atoms with van der Waals surface area (Å²) < 4.78 is 7.61. The molecule has 0 aliphatic rings. The lowest BCUT2D eigenvalue weighted by Gasteiger charge is -2.11. The third kappa shape index (κ3) is 3.13. The van der Waals surface area contributed by atoms with Gasteiger partial charge in [0.05, 0.1) is 7.11 Å². The molecule has 27 heavy (non-hydrogen) atoms. The van der Waals surface area contributed by atoms with E-state index in [0.29, 0.717) is 29.0 Å². The average molecular weight is 378 g/mol. The minimum Gasteiger partial charge on any atom is -0.497 e. The van der Waals surface area contributed by atoms with Gasteiger partial charge in [-0.3, -0.25) is 14.2 Å². The summed E-state index contributed by atoms with van der Waals surface area (Å²) in [5.74, 6) is 1.41. The summed E-state index contributed by atoms with van der Waals surface area (Å²) in [4.78, 5) is 31.0. The number of ether oxygens (including phenoxy) is 1. The molecule has 0 saturated heterocycles. The summed E-state index contributed by atoms with van der Waals surface area (Å²) in [6.07, 6.45) is 0.670. The summed E-state index contributed by atoms with van der Waals surface area (Å²) in [7, 11) is 1.63. The summed E-state index contributed by atoms with van der Waals surface area (Å²) in [5, 5.41) is 0.749. The van der Waals surface area contributed by atoms with Crippen LogP contribution in [0.2, 0.25) is 0 Å². The number of fused-ring (bicyclic) bond motifs is 2. The van der Waals surface area contributed by atoms with Crippen LogP contribution in [0.15, 0.2) is 58.1 Å². The number of hydrogen-bond acceptors (Lipinski definition) is 5. The zero-order valence-electron chi connectivity index (χ0n) is 15.1. The van der Waals surface area contributed by atoms with Crippen molar-refractivity contribution in [3.63, 3.8) is 0 Å². The summed E-state index contributed by atoms with van der Waals surface area (Å²) in [6.45, 7) is 2.28. The second-order valence-corrected chi connectivity index (χ2v) is 7.35. The van der Waals surface area contributed by atoms with Gasteiger partial charge in [-0.15, -0.1) is 11.3 Å². The Bertz CT molecular complexity index is 1260. The van der Waals surface area contributed by atoms with Crippen LogP contribution in [0.4, 0.5) is 0 Å². The van der Waals surface area contributed by atoms with E-state index in [1.165, 1.54) is 11.3 Å². The average Bonchev–Trinajstić information content (AvgIpc) is 2.68. The van der Waals surface area contributed by atoms with Crippen LogP contribution >= 0.6 is 11.3 Å². The largest absolute Gasteiger partial charge is 0.497 e. The van der Waals surface area contributed by atoms with Gasteiger partial charge in [0.1, 0.15) is 21.8 Å². The molecular weight excluding hydrogens is 360 g/mol. The Labute approximate surface area is 159 Å². The van der Waals surface area contributed by atoms with Crippen LogP contribution in [0.25, 0.3) is 20.3 Å². The Morgan fingerprint density at radius 3 is 2.56 bits per heavy atom. The van der Waals surface area contributed by atoms with Crippen LogP contribution in [0.1, 0.15) is 11.4 Å². The summed E-state index contributed by atoms with van der Waals surface area (Å²) in [6, 6.07) is 15.1. The van der Waals surface area contributed by atoms with Crippen LogP contribution in [0.5, 0.6) is 5.75 Å². The molecule has 136 valence electrons. The molecule has 0 aliphatic carbocycles. The molecule has 2 aromatic heterocycles. The normalized spacial score (nSPS) is 11.2. The number of aryl methyl sites for hydroxylation is 2. The maximum absolute atomic E-state index is 13.0. The number of aromatic nitrogens is 2. The van der Waals surface area contributed by atoms with E-state index in [-0.39, 0.29) is 16.4 Å². The fourth-order valence-corrected chi connectivity index (χ4v) is 4.27. The molecular formula is C21H18N2O3S. The summed E-state index contributed by atoms with van der Waals surface area (Å²) >= 11 is 1.38. The molecule has 0 N–H and O–H groups in total. The van der Waals surface area contributed by atoms with Crippen LogP contribution < -0.4 is 15.7 Å². The molecule has 4 rings (SSSR count). The SMILES string of the molecule is COc1ccc(CCn2c(C)nc3sc4ccccc4c(=O)c3c2=O)cc1. The molecule has 0 radical (unpaired) electrons. The van der Waals surface area contributed by atoms with Gasteiger partial charge < -0.3 is 4.74 Å². The lowest BCUT2D eigenvalue weighted by atomic mass is 10.1. The van der Waals surface area contributed by atoms with E-state index >= 15 is 0 Å². The van der Waals surface area contributed by atoms with E-state index in [2.05, 4.69) is 4.98 Å². The second-order valence-electron chi connectivity index (χ2n) is 6.32. The number of rotatable bonds is 4. The molecule has 0 amide bonds. The molecule has 2 aromatic carbocycles. The van der Waals surface area contributed by atoms with Crippen LogP contribution in [0.3, 0.4) is 0 Å². The highest BCUT2D eigenvalue weighted by Crippen LogP contribution is 2.21. The van der Waals surface area contributed by atoms with Crippen molar-refractivity contribution in [2.24, 2.45) is 0 Å². The maximum atomic E-state index is 13.0. The molecule has 0 aliphatic heterocycles. The molecule has 5 nitrogen and oxygen atoms in total. The van der Waals surface area contributed by atoms with Gasteiger partial charge in [0.15, 0.2) is 0 Å². The van der Waals surface area contributed by atoms with Crippen molar-refractivity contribution in [3.8, 4) is 5.75 Å². The summed E-state index contributed by atoms with van der Waals surface area (Å²) in [5.41, 5.74) is 0.582. The molecule has 4 aromatic rings. The number of hydrogen-bond donors (Lipinski definition) is 0. The van der Waals surface area contributed by atoms with Crippen LogP contribution in [0, 0.1) is 6.92 Å². The fraction of sp³-hybridized carbons (Fsp3) is 0.190. The van der Waals surface area contributed by atoms with E-state index in [4.69, 9.17) is 4.74 Å². The van der Waals surface area contributed by atoms with E-state index < -0.39 is 0 Å². The zero-order valence-corrected chi connectivity index (χ0v) is 15.9. The highest BCUT2D eigenvalue weighted by molar-refractivity contribution is 7.24. The standard InChI is InChI=1S/C21H18N2O3S/c1-13-22-20-18(19(24)16-5-3-4-6-17(16)27-20)21(25)23(13)12-11-14-7-9-15(26-2)10-8-14/h3-10H,11-12H2,1-2H3. The minimum absolute atomic E-state index is 0.180. The molecule has 0 bridgehead atoms. The number of nitrogens with zero attached hydrogens (tertiary/aromatic N) is 2. The van der Waals surface area contributed by atoms with Gasteiger partial charge in [-0.2, -0.15) is 0 Å². The monoisotopic (exact) mass is 378 g/mol. The van der Waals surface area contributed by atoms with Crippen molar-refractivity contribution in [2.75, 3.05) is 7.11 Å². The fourth-order valence-electron chi connectivity index (χ4n) is 3.18. The van der Waals surface area contributed by atoms with Crippen molar-refractivity contribution in [2.45, 2.75) is 19.9 Å². The second kappa shape index (κ2) is 6.96. The predicted molar refractivity (Wildman–Crippen MR) is 109 cm³/mol. The van der Waals surface area contributed by atoms with E-state index in [9.17, 15) is 9.59 Å². The van der Waals surface area contributed by atoms with Gasteiger partial charge in [0.2, 0.25) is 5.43 Å². The van der Waals surface area contributed by atoms with Crippen molar-refractivity contribution in [1.82, 2.24) is 9.55 Å². The van der Waals surface area contributed by atoms with Gasteiger partial charge in [0, 0.05) is 16.6 Å². The van der Waals surface area contributed by atoms with Crippen molar-refractivity contribution < 1.29 is 4.74 Å². The highest BCUT2D eigenvalue weighted by Gasteiger charge is 2.14. The van der Waals surface area contributed by atoms with E-state index in [1.807, 2.05) is 42.5 Å². The van der Waals surface area contributed by atoms with Crippen molar-refractivity contribution in [3.05, 3.63) is 80.5 Å². The molecule has 0 atom stereocenters. The number of benzene rings is 2.